The average Bonchev–Trinajstić information content (AvgIpc) is 3.49. The number of esters is 2. The Kier molecular flexibility index (Phi) is 8.24. The number of hydrogen-bond donors (Lipinski definition) is 0. The van der Waals surface area contributed by atoms with E-state index < -0.39 is 0 Å². The van der Waals surface area contributed by atoms with Gasteiger partial charge in [0.05, 0.1) is 35.7 Å². The van der Waals surface area contributed by atoms with Gasteiger partial charge in [0.2, 0.25) is 0 Å². The van der Waals surface area contributed by atoms with E-state index in [0.717, 1.165) is 63.3 Å². The van der Waals surface area contributed by atoms with Gasteiger partial charge in [0.15, 0.2) is 0 Å². The third kappa shape index (κ3) is 5.80. The third-order valence-corrected chi connectivity index (χ3v) is 6.66. The smallest absolute Gasteiger partial charge is 0.338 e. The largest absolute Gasteiger partial charge is 0.462 e. The zero-order chi connectivity index (χ0) is 23.9. The Bertz CT molecular complexity index is 919. The van der Waals surface area contributed by atoms with Crippen LogP contribution in [0.4, 0.5) is 0 Å². The van der Waals surface area contributed by atoms with Gasteiger partial charge in [-0.1, -0.05) is 0 Å². The first-order valence-electron chi connectivity index (χ1n) is 12.3. The summed E-state index contributed by atoms with van der Waals surface area (Å²) in [5, 5.41) is 0. The van der Waals surface area contributed by atoms with Crippen molar-refractivity contribution in [2.75, 3.05) is 26.3 Å². The lowest BCUT2D eigenvalue weighted by Gasteiger charge is -2.35. The molecule has 2 aliphatic heterocycles. The Morgan fingerprint density at radius 2 is 1.26 bits per heavy atom. The van der Waals surface area contributed by atoms with Crippen molar-refractivity contribution in [2.24, 2.45) is 0 Å². The fourth-order valence-electron chi connectivity index (χ4n) is 5.20. The number of pyridine rings is 2. The molecule has 2 fully saturated rings. The van der Waals surface area contributed by atoms with Crippen LogP contribution >= 0.6 is 0 Å². The van der Waals surface area contributed by atoms with E-state index in [2.05, 4.69) is 19.8 Å². The molecule has 0 spiro atoms. The SMILES string of the molecule is CCOC(=O)c1ccnc(CN2CCCC2C2CCCN2Cc2cc(C(=O)OCC)ccn2)c1. The minimum atomic E-state index is -0.302. The van der Waals surface area contributed by atoms with Crippen molar-refractivity contribution >= 4 is 11.9 Å². The van der Waals surface area contributed by atoms with E-state index in [-0.39, 0.29) is 11.9 Å². The number of nitrogens with zero attached hydrogens (tertiary/aromatic N) is 4. The highest BCUT2D eigenvalue weighted by Crippen LogP contribution is 2.32. The second kappa shape index (κ2) is 11.5. The standard InChI is InChI=1S/C26H34N4O4/c1-3-33-25(31)19-9-11-27-21(15-19)17-29-13-5-7-23(29)24-8-6-14-30(24)18-22-16-20(10-12-28-22)26(32)34-4-2/h9-12,15-16,23-24H,3-8,13-14,17-18H2,1-2H3. The number of likely N-dealkylation sites (tertiary alicyclic amines) is 2. The Morgan fingerprint density at radius 1 is 0.824 bits per heavy atom. The molecule has 0 aliphatic carbocycles. The van der Waals surface area contributed by atoms with Crippen molar-refractivity contribution in [3.8, 4) is 0 Å². The minimum Gasteiger partial charge on any atom is -0.462 e. The highest BCUT2D eigenvalue weighted by atomic mass is 16.5. The van der Waals surface area contributed by atoms with Crippen LogP contribution in [-0.2, 0) is 22.6 Å². The molecule has 0 amide bonds. The molecule has 182 valence electrons. The number of aromatic nitrogens is 2. The third-order valence-electron chi connectivity index (χ3n) is 6.66. The van der Waals surface area contributed by atoms with Crippen molar-refractivity contribution < 1.29 is 19.1 Å². The van der Waals surface area contributed by atoms with E-state index in [0.29, 0.717) is 36.4 Å². The quantitative estimate of drug-likeness (QED) is 0.520. The van der Waals surface area contributed by atoms with Crippen LogP contribution in [0.3, 0.4) is 0 Å². The molecule has 8 heteroatoms. The van der Waals surface area contributed by atoms with Crippen LogP contribution in [0.25, 0.3) is 0 Å². The molecule has 34 heavy (non-hydrogen) atoms. The van der Waals surface area contributed by atoms with Crippen LogP contribution in [0.1, 0.15) is 71.6 Å². The number of carbonyl (C=O) groups is 2. The fourth-order valence-corrected chi connectivity index (χ4v) is 5.20. The van der Waals surface area contributed by atoms with Gasteiger partial charge < -0.3 is 9.47 Å². The van der Waals surface area contributed by atoms with Crippen LogP contribution in [0.15, 0.2) is 36.7 Å². The summed E-state index contributed by atoms with van der Waals surface area (Å²) in [6.07, 6.45) is 7.99. The summed E-state index contributed by atoms with van der Waals surface area (Å²) in [6, 6.07) is 7.99. The summed E-state index contributed by atoms with van der Waals surface area (Å²) in [6.45, 7) is 7.83. The molecule has 2 aromatic heterocycles. The lowest BCUT2D eigenvalue weighted by molar-refractivity contribution is 0.0516. The topological polar surface area (TPSA) is 84.9 Å². The van der Waals surface area contributed by atoms with Crippen molar-refractivity contribution in [3.05, 3.63) is 59.2 Å². The summed E-state index contributed by atoms with van der Waals surface area (Å²) in [7, 11) is 0. The van der Waals surface area contributed by atoms with Gasteiger partial charge >= 0.3 is 11.9 Å². The molecule has 2 atom stereocenters. The van der Waals surface area contributed by atoms with Gasteiger partial charge in [-0.2, -0.15) is 0 Å². The number of rotatable bonds is 9. The van der Waals surface area contributed by atoms with E-state index in [1.807, 2.05) is 26.0 Å². The average molecular weight is 467 g/mol. The second-order valence-corrected chi connectivity index (χ2v) is 8.87. The molecule has 4 heterocycles. The number of ether oxygens (including phenoxy) is 2. The monoisotopic (exact) mass is 466 g/mol. The number of carbonyl (C=O) groups excluding carboxylic acids is 2. The van der Waals surface area contributed by atoms with Crippen molar-refractivity contribution in [1.29, 1.82) is 0 Å². The van der Waals surface area contributed by atoms with Crippen LogP contribution in [0, 0.1) is 0 Å². The molecular weight excluding hydrogens is 432 g/mol. The molecule has 8 nitrogen and oxygen atoms in total. The van der Waals surface area contributed by atoms with Crippen LogP contribution in [0.2, 0.25) is 0 Å². The Morgan fingerprint density at radius 3 is 1.68 bits per heavy atom. The van der Waals surface area contributed by atoms with Gasteiger partial charge in [0.25, 0.3) is 0 Å². The summed E-state index contributed by atoms with van der Waals surface area (Å²) in [5.41, 5.74) is 2.90. The molecule has 2 aromatic rings. The van der Waals surface area contributed by atoms with Gasteiger partial charge in [-0.3, -0.25) is 19.8 Å². The maximum Gasteiger partial charge on any atom is 0.338 e. The summed E-state index contributed by atoms with van der Waals surface area (Å²) in [5.74, 6) is -0.604. The zero-order valence-corrected chi connectivity index (χ0v) is 20.1. The molecule has 0 bridgehead atoms. The first kappa shape index (κ1) is 24.3. The van der Waals surface area contributed by atoms with Crippen molar-refractivity contribution in [3.63, 3.8) is 0 Å². The summed E-state index contributed by atoms with van der Waals surface area (Å²) in [4.78, 5) is 38.3. The normalized spacial score (nSPS) is 21.0. The molecule has 0 radical (unpaired) electrons. The van der Waals surface area contributed by atoms with Crippen molar-refractivity contribution in [2.45, 2.75) is 64.7 Å². The second-order valence-electron chi connectivity index (χ2n) is 8.87. The Labute approximate surface area is 201 Å². The molecule has 0 saturated carbocycles. The van der Waals surface area contributed by atoms with Gasteiger partial charge in [0.1, 0.15) is 0 Å². The Hall–Kier alpha value is -2.84. The van der Waals surface area contributed by atoms with Gasteiger partial charge in [-0.05, 0) is 76.9 Å². The predicted octanol–water partition coefficient (Wildman–Crippen LogP) is 3.46. The van der Waals surface area contributed by atoms with E-state index >= 15 is 0 Å². The lowest BCUT2D eigenvalue weighted by Crippen LogP contribution is -2.45. The molecule has 2 saturated heterocycles. The Balaban J connectivity index is 1.43. The molecule has 0 N–H and O–H groups in total. The molecule has 4 rings (SSSR count). The molecule has 2 aliphatic rings. The van der Waals surface area contributed by atoms with Gasteiger partial charge in [0, 0.05) is 37.6 Å². The lowest BCUT2D eigenvalue weighted by atomic mass is 10.0. The van der Waals surface area contributed by atoms with E-state index in [9.17, 15) is 9.59 Å². The maximum absolute atomic E-state index is 12.1. The molecule has 2 unspecified atom stereocenters. The minimum absolute atomic E-state index is 0.302. The fraction of sp³-hybridized carbons (Fsp3) is 0.538. The predicted molar refractivity (Wildman–Crippen MR) is 127 cm³/mol. The van der Waals surface area contributed by atoms with Crippen LogP contribution < -0.4 is 0 Å². The first-order chi connectivity index (χ1) is 16.6. The zero-order valence-electron chi connectivity index (χ0n) is 20.1. The summed E-state index contributed by atoms with van der Waals surface area (Å²) < 4.78 is 10.3. The molecule has 0 aromatic carbocycles. The van der Waals surface area contributed by atoms with E-state index in [1.54, 1.807) is 24.5 Å². The van der Waals surface area contributed by atoms with Crippen LogP contribution in [0.5, 0.6) is 0 Å². The van der Waals surface area contributed by atoms with Crippen LogP contribution in [-0.4, -0.2) is 70.1 Å². The molecular formula is C26H34N4O4. The van der Waals surface area contributed by atoms with E-state index in [1.165, 1.54) is 0 Å². The van der Waals surface area contributed by atoms with Gasteiger partial charge in [-0.15, -0.1) is 0 Å². The van der Waals surface area contributed by atoms with Crippen molar-refractivity contribution in [1.82, 2.24) is 19.8 Å². The summed E-state index contributed by atoms with van der Waals surface area (Å²) >= 11 is 0. The van der Waals surface area contributed by atoms with E-state index in [4.69, 9.17) is 9.47 Å². The maximum atomic E-state index is 12.1. The first-order valence-corrected chi connectivity index (χ1v) is 12.3. The van der Waals surface area contributed by atoms with Gasteiger partial charge in [-0.25, -0.2) is 9.59 Å². The highest BCUT2D eigenvalue weighted by molar-refractivity contribution is 5.89. The number of hydrogen-bond acceptors (Lipinski definition) is 8. The highest BCUT2D eigenvalue weighted by Gasteiger charge is 2.38.